The van der Waals surface area contributed by atoms with E-state index in [1.165, 1.54) is 0 Å². The number of methoxy groups -OCH3 is 1. The Bertz CT molecular complexity index is 375. The van der Waals surface area contributed by atoms with Gasteiger partial charge in [0.1, 0.15) is 5.75 Å². The van der Waals surface area contributed by atoms with Crippen molar-refractivity contribution >= 4 is 5.91 Å². The Kier molecular flexibility index (Phi) is 4.31. The van der Waals surface area contributed by atoms with E-state index in [9.17, 15) is 4.79 Å². The number of nitrogens with one attached hydrogen (secondary N) is 1. The van der Waals surface area contributed by atoms with Gasteiger partial charge in [-0.1, -0.05) is 0 Å². The lowest BCUT2D eigenvalue weighted by molar-refractivity contribution is 0.0923. The number of hydrogen-bond acceptors (Lipinski definition) is 3. The lowest BCUT2D eigenvalue weighted by atomic mass is 10.1. The van der Waals surface area contributed by atoms with Gasteiger partial charge in [-0.05, 0) is 37.6 Å². The minimum atomic E-state index is -0.539. The third-order valence-corrected chi connectivity index (χ3v) is 2.24. The summed E-state index contributed by atoms with van der Waals surface area (Å²) in [4.78, 5) is 11.7. The summed E-state index contributed by atoms with van der Waals surface area (Å²) < 4.78 is 5.06. The summed E-state index contributed by atoms with van der Waals surface area (Å²) in [5.74, 6) is 0.547. The molecule has 0 aromatic heterocycles. The average Bonchev–Trinajstić information content (AvgIpc) is 2.25. The highest BCUT2D eigenvalue weighted by Gasteiger charge is 2.09. The first-order valence-corrected chi connectivity index (χ1v) is 5.15. The Hall–Kier alpha value is -1.55. The fourth-order valence-electron chi connectivity index (χ4n) is 1.35. The summed E-state index contributed by atoms with van der Waals surface area (Å²) in [7, 11) is 1.59. The van der Waals surface area contributed by atoms with Gasteiger partial charge < -0.3 is 15.2 Å². The van der Waals surface area contributed by atoms with Crippen LogP contribution in [-0.2, 0) is 0 Å². The van der Waals surface area contributed by atoms with E-state index in [2.05, 4.69) is 5.32 Å². The zero-order chi connectivity index (χ0) is 12.1. The second-order valence-corrected chi connectivity index (χ2v) is 3.74. The predicted molar refractivity (Wildman–Crippen MR) is 61.7 cm³/mol. The molecular formula is C12H17NO3. The van der Waals surface area contributed by atoms with Gasteiger partial charge in [0.25, 0.3) is 5.91 Å². The molecule has 4 heteroatoms. The van der Waals surface area contributed by atoms with Crippen LogP contribution in [0.5, 0.6) is 5.75 Å². The number of benzene rings is 1. The maximum Gasteiger partial charge on any atom is 0.251 e. The molecule has 1 aromatic carbocycles. The molecule has 0 unspecified atom stereocenters. The smallest absolute Gasteiger partial charge is 0.251 e. The molecule has 0 bridgehead atoms. The van der Waals surface area contributed by atoms with Gasteiger partial charge in [-0.2, -0.15) is 0 Å². The molecule has 0 aliphatic rings. The predicted octanol–water partition coefficient (Wildman–Crippen LogP) is 1.11. The van der Waals surface area contributed by atoms with Gasteiger partial charge in [-0.3, -0.25) is 4.79 Å². The van der Waals surface area contributed by atoms with E-state index >= 15 is 0 Å². The highest BCUT2D eigenvalue weighted by molar-refractivity contribution is 5.95. The van der Waals surface area contributed by atoms with Crippen molar-refractivity contribution in [2.45, 2.75) is 20.0 Å². The summed E-state index contributed by atoms with van der Waals surface area (Å²) in [5.41, 5.74) is 1.45. The van der Waals surface area contributed by atoms with Crippen molar-refractivity contribution in [3.63, 3.8) is 0 Å². The lowest BCUT2D eigenvalue weighted by Gasteiger charge is -2.10. The first kappa shape index (κ1) is 12.5. The van der Waals surface area contributed by atoms with Gasteiger partial charge in [-0.15, -0.1) is 0 Å². The zero-order valence-electron chi connectivity index (χ0n) is 9.78. The number of aryl methyl sites for hydroxylation is 1. The minimum Gasteiger partial charge on any atom is -0.497 e. The Balaban J connectivity index is 2.76. The second-order valence-electron chi connectivity index (χ2n) is 3.74. The summed E-state index contributed by atoms with van der Waals surface area (Å²) in [6.07, 6.45) is -0.539. The van der Waals surface area contributed by atoms with Crippen molar-refractivity contribution in [3.05, 3.63) is 29.3 Å². The Morgan fingerprint density at radius 3 is 2.75 bits per heavy atom. The molecule has 16 heavy (non-hydrogen) atoms. The Labute approximate surface area is 95.2 Å². The van der Waals surface area contributed by atoms with Crippen LogP contribution in [-0.4, -0.2) is 30.8 Å². The molecule has 2 N–H and O–H groups in total. The molecule has 4 nitrogen and oxygen atoms in total. The average molecular weight is 223 g/mol. The van der Waals surface area contributed by atoms with Crippen molar-refractivity contribution < 1.29 is 14.6 Å². The standard InChI is InChI=1S/C12H17NO3/c1-8-6-10(16-3)4-5-11(8)12(15)13-7-9(2)14/h4-6,9,14H,7H2,1-3H3,(H,13,15)/t9-/m0/s1. The molecule has 0 saturated carbocycles. The van der Waals surface area contributed by atoms with Gasteiger partial charge in [0.2, 0.25) is 0 Å². The van der Waals surface area contributed by atoms with Gasteiger partial charge >= 0.3 is 0 Å². The summed E-state index contributed by atoms with van der Waals surface area (Å²) >= 11 is 0. The molecule has 1 rings (SSSR count). The Morgan fingerprint density at radius 2 is 2.25 bits per heavy atom. The first-order valence-electron chi connectivity index (χ1n) is 5.15. The number of aliphatic hydroxyl groups is 1. The van der Waals surface area contributed by atoms with Crippen molar-refractivity contribution in [1.29, 1.82) is 0 Å². The summed E-state index contributed by atoms with van der Waals surface area (Å²) in [6.45, 7) is 3.73. The molecule has 0 heterocycles. The highest BCUT2D eigenvalue weighted by atomic mass is 16.5. The monoisotopic (exact) mass is 223 g/mol. The van der Waals surface area contributed by atoms with E-state index in [0.29, 0.717) is 5.56 Å². The minimum absolute atomic E-state index is 0.180. The van der Waals surface area contributed by atoms with Crippen LogP contribution in [0.2, 0.25) is 0 Å². The van der Waals surface area contributed by atoms with Crippen LogP contribution >= 0.6 is 0 Å². The van der Waals surface area contributed by atoms with E-state index in [1.54, 1.807) is 32.2 Å². The zero-order valence-corrected chi connectivity index (χ0v) is 9.78. The van der Waals surface area contributed by atoms with Crippen molar-refractivity contribution in [2.24, 2.45) is 0 Å². The van der Waals surface area contributed by atoms with Gasteiger partial charge in [-0.25, -0.2) is 0 Å². The molecular weight excluding hydrogens is 206 g/mol. The normalized spacial score (nSPS) is 12.0. The third kappa shape index (κ3) is 3.24. The van der Waals surface area contributed by atoms with Crippen LogP contribution in [0.3, 0.4) is 0 Å². The first-order chi connectivity index (χ1) is 7.54. The van der Waals surface area contributed by atoms with Crippen molar-refractivity contribution in [3.8, 4) is 5.75 Å². The molecule has 0 spiro atoms. The van der Waals surface area contributed by atoms with Crippen LogP contribution in [0.15, 0.2) is 18.2 Å². The number of hydrogen-bond donors (Lipinski definition) is 2. The van der Waals surface area contributed by atoms with E-state index in [0.717, 1.165) is 11.3 Å². The van der Waals surface area contributed by atoms with Crippen molar-refractivity contribution in [2.75, 3.05) is 13.7 Å². The van der Waals surface area contributed by atoms with Crippen LogP contribution < -0.4 is 10.1 Å². The molecule has 0 aliphatic heterocycles. The molecule has 88 valence electrons. The van der Waals surface area contributed by atoms with Gasteiger partial charge in [0.15, 0.2) is 0 Å². The van der Waals surface area contributed by atoms with Crippen LogP contribution in [0.1, 0.15) is 22.8 Å². The highest BCUT2D eigenvalue weighted by Crippen LogP contribution is 2.16. The summed E-state index contributed by atoms with van der Waals surface area (Å²) in [6, 6.07) is 5.26. The lowest BCUT2D eigenvalue weighted by Crippen LogP contribution is -2.30. The van der Waals surface area contributed by atoms with Crippen LogP contribution in [0, 0.1) is 6.92 Å². The van der Waals surface area contributed by atoms with Gasteiger partial charge in [0, 0.05) is 12.1 Å². The molecule has 1 atom stereocenters. The molecule has 1 amide bonds. The molecule has 0 saturated heterocycles. The number of rotatable bonds is 4. The van der Waals surface area contributed by atoms with Crippen molar-refractivity contribution in [1.82, 2.24) is 5.32 Å². The third-order valence-electron chi connectivity index (χ3n) is 2.24. The topological polar surface area (TPSA) is 58.6 Å². The number of aliphatic hydroxyl groups excluding tert-OH is 1. The molecule has 1 aromatic rings. The molecule has 0 aliphatic carbocycles. The van der Waals surface area contributed by atoms with E-state index < -0.39 is 6.10 Å². The number of amides is 1. The quantitative estimate of drug-likeness (QED) is 0.804. The fourth-order valence-corrected chi connectivity index (χ4v) is 1.35. The maximum absolute atomic E-state index is 11.7. The van der Waals surface area contributed by atoms with E-state index in [4.69, 9.17) is 9.84 Å². The van der Waals surface area contributed by atoms with Crippen LogP contribution in [0.25, 0.3) is 0 Å². The SMILES string of the molecule is COc1ccc(C(=O)NC[C@H](C)O)c(C)c1. The molecule has 0 radical (unpaired) electrons. The van der Waals surface area contributed by atoms with Gasteiger partial charge in [0.05, 0.1) is 13.2 Å². The number of carbonyl (C=O) groups excluding carboxylic acids is 1. The Morgan fingerprint density at radius 1 is 1.56 bits per heavy atom. The largest absolute Gasteiger partial charge is 0.497 e. The number of ether oxygens (including phenoxy) is 1. The second kappa shape index (κ2) is 5.51. The molecule has 0 fully saturated rings. The van der Waals surface area contributed by atoms with E-state index in [1.807, 2.05) is 6.92 Å². The fraction of sp³-hybridized carbons (Fsp3) is 0.417. The number of carbonyl (C=O) groups is 1. The van der Waals surface area contributed by atoms with E-state index in [-0.39, 0.29) is 12.5 Å². The summed E-state index contributed by atoms with van der Waals surface area (Å²) in [5, 5.41) is 11.7. The maximum atomic E-state index is 11.7. The van der Waals surface area contributed by atoms with Crippen LogP contribution in [0.4, 0.5) is 0 Å².